The Morgan fingerprint density at radius 2 is 2.05 bits per heavy atom. The smallest absolute Gasteiger partial charge is 0.387 e. The summed E-state index contributed by atoms with van der Waals surface area (Å²) in [6, 6.07) is 5.41. The van der Waals surface area contributed by atoms with Gasteiger partial charge >= 0.3 is 6.61 Å². The first-order chi connectivity index (χ1) is 9.45. The van der Waals surface area contributed by atoms with E-state index < -0.39 is 16.6 Å². The van der Waals surface area contributed by atoms with Gasteiger partial charge < -0.3 is 10.5 Å². The molecule has 0 spiro atoms. The van der Waals surface area contributed by atoms with E-state index in [0.29, 0.717) is 26.1 Å². The van der Waals surface area contributed by atoms with Crippen LogP contribution in [0.5, 0.6) is 5.75 Å². The zero-order valence-electron chi connectivity index (χ0n) is 11.1. The molecule has 0 radical (unpaired) electrons. The molecule has 1 aliphatic rings. The lowest BCUT2D eigenvalue weighted by Crippen LogP contribution is -2.30. The summed E-state index contributed by atoms with van der Waals surface area (Å²) in [6.45, 7) is -2.02. The van der Waals surface area contributed by atoms with E-state index >= 15 is 0 Å². The predicted octanol–water partition coefficient (Wildman–Crippen LogP) is 1.68. The molecule has 1 fully saturated rings. The average molecular weight is 343 g/mol. The molecule has 1 atom stereocenters. The fourth-order valence-electron chi connectivity index (χ4n) is 2.20. The van der Waals surface area contributed by atoms with Crippen LogP contribution in [0.15, 0.2) is 29.2 Å². The van der Waals surface area contributed by atoms with Gasteiger partial charge in [0.25, 0.3) is 0 Å². The van der Waals surface area contributed by atoms with Crippen molar-refractivity contribution in [2.75, 3.05) is 19.6 Å². The van der Waals surface area contributed by atoms with Gasteiger partial charge in [0.1, 0.15) is 10.6 Å². The summed E-state index contributed by atoms with van der Waals surface area (Å²) in [6.07, 6.45) is 0.674. The molecule has 0 saturated carbocycles. The van der Waals surface area contributed by atoms with Crippen LogP contribution in [-0.4, -0.2) is 39.0 Å². The van der Waals surface area contributed by atoms with Crippen molar-refractivity contribution < 1.29 is 21.9 Å². The SMILES string of the molecule is Cl.NCC1CCN(S(=O)(=O)c2ccccc2OC(F)F)C1. The maximum atomic E-state index is 12.5. The summed E-state index contributed by atoms with van der Waals surface area (Å²) in [5, 5.41) is 0. The first-order valence-electron chi connectivity index (χ1n) is 6.19. The number of hydrogen-bond donors (Lipinski definition) is 1. The average Bonchev–Trinajstić information content (AvgIpc) is 2.88. The fraction of sp³-hybridized carbons (Fsp3) is 0.500. The Labute approximate surface area is 128 Å². The largest absolute Gasteiger partial charge is 0.433 e. The van der Waals surface area contributed by atoms with E-state index in [0.717, 1.165) is 0 Å². The van der Waals surface area contributed by atoms with Crippen molar-refractivity contribution in [2.45, 2.75) is 17.9 Å². The molecule has 0 aliphatic carbocycles. The molecule has 0 aromatic heterocycles. The quantitative estimate of drug-likeness (QED) is 0.883. The minimum Gasteiger partial charge on any atom is -0.433 e. The van der Waals surface area contributed by atoms with Crippen LogP contribution in [0.4, 0.5) is 8.78 Å². The normalized spacial score (nSPS) is 19.5. The van der Waals surface area contributed by atoms with Crippen molar-refractivity contribution in [1.29, 1.82) is 0 Å². The molecule has 120 valence electrons. The van der Waals surface area contributed by atoms with Crippen LogP contribution in [-0.2, 0) is 10.0 Å². The summed E-state index contributed by atoms with van der Waals surface area (Å²) in [5.74, 6) is -0.230. The van der Waals surface area contributed by atoms with E-state index in [2.05, 4.69) is 4.74 Å². The highest BCUT2D eigenvalue weighted by atomic mass is 35.5. The molecule has 0 bridgehead atoms. The van der Waals surface area contributed by atoms with E-state index in [-0.39, 0.29) is 29.0 Å². The van der Waals surface area contributed by atoms with Gasteiger partial charge in [-0.2, -0.15) is 13.1 Å². The van der Waals surface area contributed by atoms with E-state index in [1.165, 1.54) is 28.6 Å². The van der Waals surface area contributed by atoms with Gasteiger partial charge in [0.15, 0.2) is 0 Å². The third kappa shape index (κ3) is 4.03. The number of para-hydroxylation sites is 1. The lowest BCUT2D eigenvalue weighted by Gasteiger charge is -2.18. The number of ether oxygens (including phenoxy) is 1. The van der Waals surface area contributed by atoms with Crippen molar-refractivity contribution in [1.82, 2.24) is 4.31 Å². The van der Waals surface area contributed by atoms with Gasteiger partial charge in [0.05, 0.1) is 0 Å². The van der Waals surface area contributed by atoms with Crippen molar-refractivity contribution in [2.24, 2.45) is 11.7 Å². The molecule has 1 aliphatic heterocycles. The molecule has 1 unspecified atom stereocenters. The first kappa shape index (κ1) is 18.1. The Kier molecular flexibility index (Phi) is 6.33. The second kappa shape index (κ2) is 7.35. The summed E-state index contributed by atoms with van der Waals surface area (Å²) in [4.78, 5) is -0.238. The van der Waals surface area contributed by atoms with Gasteiger partial charge in [-0.1, -0.05) is 12.1 Å². The van der Waals surface area contributed by atoms with Gasteiger partial charge in [-0.15, -0.1) is 12.4 Å². The summed E-state index contributed by atoms with van der Waals surface area (Å²) >= 11 is 0. The summed E-state index contributed by atoms with van der Waals surface area (Å²) in [7, 11) is -3.84. The second-order valence-electron chi connectivity index (χ2n) is 4.58. The van der Waals surface area contributed by atoms with Crippen molar-refractivity contribution in [3.63, 3.8) is 0 Å². The Morgan fingerprint density at radius 1 is 1.38 bits per heavy atom. The molecule has 1 saturated heterocycles. The number of nitrogens with zero attached hydrogens (tertiary/aromatic N) is 1. The zero-order chi connectivity index (χ0) is 14.8. The summed E-state index contributed by atoms with van der Waals surface area (Å²) < 4.78 is 55.1. The monoisotopic (exact) mass is 342 g/mol. The number of benzene rings is 1. The minimum atomic E-state index is -3.84. The standard InChI is InChI=1S/C12H16F2N2O3S.ClH/c13-12(14)19-10-3-1-2-4-11(10)20(17,18)16-6-5-9(7-15)8-16;/h1-4,9,12H,5-8,15H2;1H. The van der Waals surface area contributed by atoms with Gasteiger partial charge in [0.2, 0.25) is 10.0 Å². The number of halogens is 3. The first-order valence-corrected chi connectivity index (χ1v) is 7.63. The minimum absolute atomic E-state index is 0. The van der Waals surface area contributed by atoms with Gasteiger partial charge in [-0.25, -0.2) is 8.42 Å². The number of nitrogens with two attached hydrogens (primary N) is 1. The van der Waals surface area contributed by atoms with Crippen molar-refractivity contribution in [3.8, 4) is 5.75 Å². The highest BCUT2D eigenvalue weighted by molar-refractivity contribution is 7.89. The number of hydrogen-bond acceptors (Lipinski definition) is 4. The summed E-state index contributed by atoms with van der Waals surface area (Å²) in [5.41, 5.74) is 5.53. The third-order valence-electron chi connectivity index (χ3n) is 3.26. The molecule has 9 heteroatoms. The van der Waals surface area contributed by atoms with Crippen LogP contribution >= 0.6 is 12.4 Å². The highest BCUT2D eigenvalue weighted by Crippen LogP contribution is 2.30. The number of alkyl halides is 2. The van der Waals surface area contributed by atoms with E-state index in [4.69, 9.17) is 5.73 Å². The lowest BCUT2D eigenvalue weighted by atomic mass is 10.1. The molecule has 5 nitrogen and oxygen atoms in total. The van der Waals surface area contributed by atoms with Gasteiger partial charge in [-0.05, 0) is 31.0 Å². The van der Waals surface area contributed by atoms with E-state index in [1.54, 1.807) is 0 Å². The molecule has 21 heavy (non-hydrogen) atoms. The highest BCUT2D eigenvalue weighted by Gasteiger charge is 2.34. The second-order valence-corrected chi connectivity index (χ2v) is 6.49. The molecule has 0 amide bonds. The van der Waals surface area contributed by atoms with Crippen LogP contribution < -0.4 is 10.5 Å². The van der Waals surface area contributed by atoms with Crippen LogP contribution in [0.2, 0.25) is 0 Å². The van der Waals surface area contributed by atoms with Gasteiger partial charge in [0, 0.05) is 13.1 Å². The molecule has 2 rings (SSSR count). The number of rotatable bonds is 5. The van der Waals surface area contributed by atoms with Crippen LogP contribution in [0, 0.1) is 5.92 Å². The van der Waals surface area contributed by atoms with Crippen LogP contribution in [0.3, 0.4) is 0 Å². The predicted molar refractivity (Wildman–Crippen MR) is 76.2 cm³/mol. The van der Waals surface area contributed by atoms with E-state index in [9.17, 15) is 17.2 Å². The van der Waals surface area contributed by atoms with Crippen molar-refractivity contribution >= 4 is 22.4 Å². The Balaban J connectivity index is 0.00000220. The van der Waals surface area contributed by atoms with Crippen molar-refractivity contribution in [3.05, 3.63) is 24.3 Å². The molecule has 1 aromatic rings. The topological polar surface area (TPSA) is 72.6 Å². The Morgan fingerprint density at radius 3 is 2.62 bits per heavy atom. The maximum Gasteiger partial charge on any atom is 0.387 e. The van der Waals surface area contributed by atoms with Crippen LogP contribution in [0.1, 0.15) is 6.42 Å². The molecule has 1 aromatic carbocycles. The van der Waals surface area contributed by atoms with Crippen LogP contribution in [0.25, 0.3) is 0 Å². The Hall–Kier alpha value is -0.960. The van der Waals surface area contributed by atoms with Gasteiger partial charge in [-0.3, -0.25) is 0 Å². The molecular weight excluding hydrogens is 326 g/mol. The Bertz CT molecular complexity index is 571. The molecule has 1 heterocycles. The molecular formula is C12H17ClF2N2O3S. The van der Waals surface area contributed by atoms with E-state index in [1.807, 2.05) is 0 Å². The number of sulfonamides is 1. The molecule has 2 N–H and O–H groups in total. The fourth-order valence-corrected chi connectivity index (χ4v) is 3.86. The zero-order valence-corrected chi connectivity index (χ0v) is 12.7. The lowest BCUT2D eigenvalue weighted by molar-refractivity contribution is -0.0517. The maximum absolute atomic E-state index is 12.5. The third-order valence-corrected chi connectivity index (χ3v) is 5.17.